The Morgan fingerprint density at radius 3 is 0.779 bits per heavy atom. The van der Waals surface area contributed by atoms with Crippen LogP contribution in [0.2, 0.25) is 0 Å². The summed E-state index contributed by atoms with van der Waals surface area (Å²) >= 11 is 0. The molecule has 0 radical (unpaired) electrons. The third kappa shape index (κ3) is 45.0. The van der Waals surface area contributed by atoms with Crippen LogP contribution in [0.5, 0.6) is 0 Å². The molecule has 7 aromatic rings. The first-order chi connectivity index (χ1) is 44.8. The molecule has 0 aromatic heterocycles. The van der Waals surface area contributed by atoms with Crippen LogP contribution in [-0.4, -0.2) is 58.3 Å². The van der Waals surface area contributed by atoms with Gasteiger partial charge in [0.2, 0.25) is 0 Å². The fraction of sp³-hybridized carbons (Fsp3) is 0.425. The molecule has 4 aliphatic rings. The first-order valence-corrected chi connectivity index (χ1v) is 38.2. The van der Waals surface area contributed by atoms with Crippen LogP contribution in [0.1, 0.15) is 223 Å². The van der Waals surface area contributed by atoms with Crippen LogP contribution < -0.4 is 5.32 Å². The van der Waals surface area contributed by atoms with Gasteiger partial charge in [0, 0.05) is 38.3 Å². The summed E-state index contributed by atoms with van der Waals surface area (Å²) in [4.78, 5) is 4.99. The maximum atomic E-state index is 5.21. The van der Waals surface area contributed by atoms with Gasteiger partial charge in [0.1, 0.15) is 5.58 Å². The zero-order chi connectivity index (χ0) is 67.8. The van der Waals surface area contributed by atoms with Gasteiger partial charge < -0.3 is 16.0 Å². The Kier molecular flexibility index (Phi) is 50.9. The van der Waals surface area contributed by atoms with E-state index in [-0.39, 0.29) is 79.3 Å². The molecule has 0 amide bonds. The van der Waals surface area contributed by atoms with Crippen molar-refractivity contribution in [1.29, 1.82) is 0 Å². The van der Waals surface area contributed by atoms with E-state index in [4.69, 9.17) is 15.6 Å². The molecule has 0 aliphatic heterocycles. The smallest absolute Gasteiger partial charge is 0.674 e. The van der Waals surface area contributed by atoms with Gasteiger partial charge in [-0.2, -0.15) is 179 Å². The standard InChI is InChI=1S/2C19H37N2P.7C7H7.2Zr/c2*1-5-20-18(21-19(2,3)4)22(16-12-8-6-9-13-16)17-14-10-7-11-15-17;7*1-7-5-3-2-4-6-7;;/h16-17H,5-15H2,1-4H3,(H,20,21);16-18H,5-15H2,1-4H3;7*2-6H,1H2;;/q;-2;7*-1;;+4. The number of nitrogens with zero attached hydrogens (tertiary/aromatic N) is 3. The second-order valence-corrected chi connectivity index (χ2v) is 32.3. The molecule has 1 atom stereocenters. The minimum atomic E-state index is -0.0918. The summed E-state index contributed by atoms with van der Waals surface area (Å²) in [6.45, 7) is 45.9. The van der Waals surface area contributed by atoms with E-state index in [1.807, 2.05) is 212 Å². The van der Waals surface area contributed by atoms with Crippen LogP contribution in [0.25, 0.3) is 10.6 Å². The average molecular weight is 1470 g/mol. The van der Waals surface area contributed by atoms with E-state index in [0.29, 0.717) is 5.91 Å². The van der Waals surface area contributed by atoms with E-state index in [1.165, 1.54) is 134 Å². The van der Waals surface area contributed by atoms with Crippen molar-refractivity contribution in [1.82, 2.24) is 5.32 Å². The third-order valence-electron chi connectivity index (χ3n) is 16.0. The van der Waals surface area contributed by atoms with Gasteiger partial charge >= 0.3 is 26.2 Å². The summed E-state index contributed by atoms with van der Waals surface area (Å²) in [5.41, 5.74) is 12.9. The molecule has 0 heterocycles. The maximum Gasteiger partial charge on any atom is 4.00 e. The monoisotopic (exact) mass is 1470 g/mol. The van der Waals surface area contributed by atoms with Gasteiger partial charge in [0.25, 0.3) is 0 Å². The van der Waals surface area contributed by atoms with Gasteiger partial charge in [-0.05, 0) is 110 Å². The topological polar surface area (TPSA) is 52.6 Å². The van der Waals surface area contributed by atoms with Crippen LogP contribution in [-0.2, 0) is 52.4 Å². The first kappa shape index (κ1) is 88.7. The van der Waals surface area contributed by atoms with Crippen LogP contribution in [0.15, 0.2) is 217 Å². The predicted octanol–water partition coefficient (Wildman–Crippen LogP) is 26.0. The molecule has 0 saturated heterocycles. The molecule has 0 bridgehead atoms. The molecule has 4 nitrogen and oxygen atoms in total. The van der Waals surface area contributed by atoms with Crippen molar-refractivity contribution in [2.75, 3.05) is 13.1 Å². The fourth-order valence-electron chi connectivity index (χ4n) is 11.5. The molecule has 7 aromatic carbocycles. The number of hydrogen-bond donors (Lipinski definition) is 1. The number of aliphatic imine (C=N–C) groups is 1. The van der Waals surface area contributed by atoms with Crippen molar-refractivity contribution in [2.24, 2.45) is 4.99 Å². The number of benzene rings is 7. The minimum absolute atomic E-state index is 0. The SMILES string of the molecule is CCN=C(NC(C)(C)C)P(C1CCCCC1)C1CCCCC1.CC[N-]C([N-]C(C)(C)C)P(C1CCCCC1)C1CCCCC1.[CH2-]c1ccccc1.[CH2-]c1ccccc1.[CH2-]c1ccccc1.[CH2-]c1ccccc1.[CH2-]c1ccccc1.[CH2-]c1ccccc1.[CH2-]c1ccccc1.[Zr+4].[Zr]. The van der Waals surface area contributed by atoms with Crippen molar-refractivity contribution in [2.45, 2.75) is 223 Å². The molecule has 0 spiro atoms. The average Bonchev–Trinajstić information content (AvgIpc) is 0.952. The Labute approximate surface area is 625 Å². The largest absolute Gasteiger partial charge is 4.00 e. The van der Waals surface area contributed by atoms with Crippen molar-refractivity contribution in [3.05, 3.63) is 310 Å². The van der Waals surface area contributed by atoms with Crippen LogP contribution >= 0.6 is 15.8 Å². The molecule has 4 aliphatic carbocycles. The van der Waals surface area contributed by atoms with Crippen LogP contribution in [0.4, 0.5) is 0 Å². The molecule has 95 heavy (non-hydrogen) atoms. The van der Waals surface area contributed by atoms with E-state index >= 15 is 0 Å². The van der Waals surface area contributed by atoms with Gasteiger partial charge in [-0.3, -0.25) is 4.99 Å². The summed E-state index contributed by atoms with van der Waals surface area (Å²) in [5, 5.41) is 14.1. The molecule has 514 valence electrons. The zero-order valence-corrected chi connectivity index (χ0v) is 67.0. The normalized spacial score (nSPS) is 15.3. The second-order valence-electron chi connectivity index (χ2n) is 26.7. The van der Waals surface area contributed by atoms with Crippen molar-refractivity contribution < 1.29 is 52.4 Å². The van der Waals surface area contributed by atoms with Crippen molar-refractivity contribution in [3.63, 3.8) is 0 Å². The molecule has 1 N–H and O–H groups in total. The van der Waals surface area contributed by atoms with E-state index in [2.05, 4.69) is 109 Å². The van der Waals surface area contributed by atoms with Gasteiger partial charge in [-0.25, -0.2) is 5.91 Å². The Morgan fingerprint density at radius 2 is 0.611 bits per heavy atom. The molecule has 8 heteroatoms. The summed E-state index contributed by atoms with van der Waals surface area (Å²) in [5.74, 6) is 0.311. The Bertz CT molecular complexity index is 2410. The van der Waals surface area contributed by atoms with Gasteiger partial charge in [0.15, 0.2) is 0 Å². The zero-order valence-electron chi connectivity index (χ0n) is 60.3. The minimum Gasteiger partial charge on any atom is -0.674 e. The predicted molar refractivity (Wildman–Crippen MR) is 419 cm³/mol. The third-order valence-corrected chi connectivity index (χ3v) is 22.9. The number of hydrogen-bond acceptors (Lipinski definition) is 1. The maximum absolute atomic E-state index is 5.21. The van der Waals surface area contributed by atoms with Crippen LogP contribution in [0, 0.1) is 48.5 Å². The molecule has 4 fully saturated rings. The number of amidine groups is 1. The quantitative estimate of drug-likeness (QED) is 0.0631. The van der Waals surface area contributed by atoms with E-state index in [1.54, 1.807) is 0 Å². The molecular weight excluding hydrogens is 1350 g/mol. The number of nitrogens with one attached hydrogen (secondary N) is 1. The molecular formula is C87H123N4P2Zr2-5. The van der Waals surface area contributed by atoms with Crippen LogP contribution in [0.3, 0.4) is 0 Å². The second kappa shape index (κ2) is 54.5. The Balaban J connectivity index is 0.000000564. The van der Waals surface area contributed by atoms with Crippen molar-refractivity contribution >= 4 is 21.4 Å². The fourth-order valence-corrected chi connectivity index (χ4v) is 19.5. The Hall–Kier alpha value is -4.35. The summed E-state index contributed by atoms with van der Waals surface area (Å²) in [6.07, 6.45) is 29.1. The van der Waals surface area contributed by atoms with E-state index in [0.717, 1.165) is 74.7 Å². The Morgan fingerprint density at radius 1 is 0.389 bits per heavy atom. The molecule has 4 saturated carbocycles. The van der Waals surface area contributed by atoms with E-state index in [9.17, 15) is 0 Å². The summed E-state index contributed by atoms with van der Waals surface area (Å²) < 4.78 is 0. The van der Waals surface area contributed by atoms with Crippen molar-refractivity contribution in [3.8, 4) is 0 Å². The van der Waals surface area contributed by atoms with E-state index < -0.39 is 0 Å². The molecule has 11 rings (SSSR count). The first-order valence-electron chi connectivity index (χ1n) is 35.1. The van der Waals surface area contributed by atoms with Gasteiger partial charge in [-0.15, -0.1) is 98.4 Å². The molecule has 1 unspecified atom stereocenters. The van der Waals surface area contributed by atoms with Gasteiger partial charge in [-0.1, -0.05) is 147 Å². The number of rotatable bonds is 10. The van der Waals surface area contributed by atoms with Gasteiger partial charge in [0.05, 0.1) is 0 Å². The summed E-state index contributed by atoms with van der Waals surface area (Å²) in [7, 11) is -0.156. The summed E-state index contributed by atoms with van der Waals surface area (Å²) in [6, 6.07) is 69.1.